The Hall–Kier alpha value is -2.20. The highest BCUT2D eigenvalue weighted by molar-refractivity contribution is 5.91. The standard InChI is InChI=1S/C7H5N3O3/c8-10-9-6(7(11)12)4-5-2-1-3-13-5/h1-4H,(H,11,12)/b6-4-. The molecule has 0 unspecified atom stereocenters. The van der Waals surface area contributed by atoms with Crippen LogP contribution in [0.15, 0.2) is 33.6 Å². The zero-order valence-electron chi connectivity index (χ0n) is 6.41. The van der Waals surface area contributed by atoms with E-state index in [-0.39, 0.29) is 0 Å². The van der Waals surface area contributed by atoms with Crippen molar-refractivity contribution in [3.05, 3.63) is 40.3 Å². The molecule has 0 saturated heterocycles. The second kappa shape index (κ2) is 3.99. The van der Waals surface area contributed by atoms with Gasteiger partial charge in [0.25, 0.3) is 0 Å². The van der Waals surface area contributed by atoms with E-state index < -0.39 is 11.7 Å². The number of rotatable bonds is 3. The molecule has 1 rings (SSSR count). The van der Waals surface area contributed by atoms with Crippen molar-refractivity contribution in [2.24, 2.45) is 5.11 Å². The monoisotopic (exact) mass is 179 g/mol. The van der Waals surface area contributed by atoms with Crippen molar-refractivity contribution in [2.45, 2.75) is 0 Å². The number of carboxylic acids is 1. The first-order valence-corrected chi connectivity index (χ1v) is 3.27. The van der Waals surface area contributed by atoms with Crippen LogP contribution in [0.2, 0.25) is 0 Å². The molecule has 6 nitrogen and oxygen atoms in total. The molecule has 0 fully saturated rings. The maximum absolute atomic E-state index is 10.4. The zero-order valence-corrected chi connectivity index (χ0v) is 6.41. The molecule has 6 heteroatoms. The second-order valence-corrected chi connectivity index (χ2v) is 2.04. The number of nitrogens with zero attached hydrogens (tertiary/aromatic N) is 3. The number of hydrogen-bond donors (Lipinski definition) is 1. The minimum absolute atomic E-state index is 0.324. The smallest absolute Gasteiger partial charge is 0.338 e. The molecular weight excluding hydrogens is 174 g/mol. The van der Waals surface area contributed by atoms with E-state index in [1.165, 1.54) is 6.26 Å². The van der Waals surface area contributed by atoms with E-state index in [2.05, 4.69) is 10.0 Å². The lowest BCUT2D eigenvalue weighted by Crippen LogP contribution is -1.96. The third kappa shape index (κ3) is 2.39. The van der Waals surface area contributed by atoms with Gasteiger partial charge < -0.3 is 9.52 Å². The molecule has 1 heterocycles. The van der Waals surface area contributed by atoms with Gasteiger partial charge in [-0.2, -0.15) is 0 Å². The first-order valence-electron chi connectivity index (χ1n) is 3.27. The molecule has 0 aromatic carbocycles. The molecule has 66 valence electrons. The van der Waals surface area contributed by atoms with Crippen LogP contribution in [0.4, 0.5) is 0 Å². The molecule has 0 saturated carbocycles. The van der Waals surface area contributed by atoms with Gasteiger partial charge in [-0.15, -0.1) is 0 Å². The first-order chi connectivity index (χ1) is 6.24. The topological polar surface area (TPSA) is 99.2 Å². The van der Waals surface area contributed by atoms with E-state index in [1.54, 1.807) is 12.1 Å². The van der Waals surface area contributed by atoms with Crippen LogP contribution in [-0.2, 0) is 4.79 Å². The van der Waals surface area contributed by atoms with E-state index >= 15 is 0 Å². The number of carboxylic acid groups (broad SMARTS) is 1. The molecule has 0 aliphatic carbocycles. The van der Waals surface area contributed by atoms with Gasteiger partial charge in [0.1, 0.15) is 11.5 Å². The maximum atomic E-state index is 10.4. The predicted octanol–water partition coefficient (Wildman–Crippen LogP) is 2.02. The van der Waals surface area contributed by atoms with Crippen LogP contribution in [0.5, 0.6) is 0 Å². The summed E-state index contributed by atoms with van der Waals surface area (Å²) in [6.45, 7) is 0. The average Bonchev–Trinajstić information content (AvgIpc) is 2.56. The van der Waals surface area contributed by atoms with Crippen molar-refractivity contribution in [1.29, 1.82) is 0 Å². The predicted molar refractivity (Wildman–Crippen MR) is 43.5 cm³/mol. The Morgan fingerprint density at radius 2 is 2.54 bits per heavy atom. The van der Waals surface area contributed by atoms with Crippen molar-refractivity contribution in [3.8, 4) is 0 Å². The van der Waals surface area contributed by atoms with Gasteiger partial charge in [0.05, 0.1) is 6.26 Å². The van der Waals surface area contributed by atoms with E-state index in [1.807, 2.05) is 0 Å². The molecule has 1 aromatic rings. The summed E-state index contributed by atoms with van der Waals surface area (Å²) >= 11 is 0. The molecule has 0 spiro atoms. The van der Waals surface area contributed by atoms with Crippen molar-refractivity contribution in [1.82, 2.24) is 0 Å². The number of furan rings is 1. The summed E-state index contributed by atoms with van der Waals surface area (Å²) in [5.41, 5.74) is 7.63. The van der Waals surface area contributed by atoms with E-state index in [0.717, 1.165) is 6.08 Å². The van der Waals surface area contributed by atoms with Gasteiger partial charge in [-0.25, -0.2) is 4.79 Å². The molecule has 0 atom stereocenters. The van der Waals surface area contributed by atoms with Crippen LogP contribution in [0, 0.1) is 0 Å². The molecule has 1 aromatic heterocycles. The van der Waals surface area contributed by atoms with Gasteiger partial charge in [-0.1, -0.05) is 5.11 Å². The number of azide groups is 1. The number of aliphatic carboxylic acids is 1. The fourth-order valence-electron chi connectivity index (χ4n) is 0.690. The largest absolute Gasteiger partial charge is 0.478 e. The Balaban J connectivity index is 3.00. The quantitative estimate of drug-likeness (QED) is 0.332. The van der Waals surface area contributed by atoms with Crippen molar-refractivity contribution < 1.29 is 14.3 Å². The van der Waals surface area contributed by atoms with E-state index in [9.17, 15) is 4.79 Å². The SMILES string of the molecule is [N-]=[N+]=N/C(=C\c1ccco1)C(=O)O. The average molecular weight is 179 g/mol. The summed E-state index contributed by atoms with van der Waals surface area (Å²) in [5, 5.41) is 11.5. The summed E-state index contributed by atoms with van der Waals surface area (Å²) in [6.07, 6.45) is 2.53. The summed E-state index contributed by atoms with van der Waals surface area (Å²) in [6, 6.07) is 3.15. The van der Waals surface area contributed by atoms with Crippen molar-refractivity contribution >= 4 is 12.0 Å². The summed E-state index contributed by atoms with van der Waals surface area (Å²) < 4.78 is 4.84. The zero-order chi connectivity index (χ0) is 9.68. The fraction of sp³-hybridized carbons (Fsp3) is 0. The van der Waals surface area contributed by atoms with Gasteiger partial charge >= 0.3 is 5.97 Å². The van der Waals surface area contributed by atoms with Crippen LogP contribution in [0.1, 0.15) is 5.76 Å². The summed E-state index contributed by atoms with van der Waals surface area (Å²) in [5.74, 6) is -0.973. The Morgan fingerprint density at radius 3 is 3.00 bits per heavy atom. The Kier molecular flexibility index (Phi) is 2.73. The van der Waals surface area contributed by atoms with Gasteiger partial charge in [0.2, 0.25) is 0 Å². The van der Waals surface area contributed by atoms with Crippen molar-refractivity contribution in [2.75, 3.05) is 0 Å². The second-order valence-electron chi connectivity index (χ2n) is 2.04. The van der Waals surface area contributed by atoms with Crippen LogP contribution >= 0.6 is 0 Å². The lowest BCUT2D eigenvalue weighted by atomic mass is 10.3. The molecule has 13 heavy (non-hydrogen) atoms. The molecule has 0 aliphatic heterocycles. The highest BCUT2D eigenvalue weighted by Gasteiger charge is 2.04. The molecular formula is C7H5N3O3. The lowest BCUT2D eigenvalue weighted by Gasteiger charge is -1.89. The van der Waals surface area contributed by atoms with Gasteiger partial charge in [0, 0.05) is 4.91 Å². The van der Waals surface area contributed by atoms with Gasteiger partial charge in [-0.3, -0.25) is 0 Å². The van der Waals surface area contributed by atoms with Crippen LogP contribution in [-0.4, -0.2) is 11.1 Å². The third-order valence-corrected chi connectivity index (χ3v) is 1.19. The Labute approximate surface area is 72.7 Å². The van der Waals surface area contributed by atoms with Crippen LogP contribution in [0.25, 0.3) is 16.5 Å². The van der Waals surface area contributed by atoms with E-state index in [4.69, 9.17) is 15.1 Å². The first kappa shape index (κ1) is 8.89. The highest BCUT2D eigenvalue weighted by Crippen LogP contribution is 2.08. The third-order valence-electron chi connectivity index (χ3n) is 1.19. The Morgan fingerprint density at radius 1 is 1.77 bits per heavy atom. The molecule has 0 aliphatic rings. The molecule has 1 N–H and O–H groups in total. The summed E-state index contributed by atoms with van der Waals surface area (Å²) in [7, 11) is 0. The van der Waals surface area contributed by atoms with Crippen LogP contribution < -0.4 is 0 Å². The van der Waals surface area contributed by atoms with Gasteiger partial charge in [0.15, 0.2) is 0 Å². The van der Waals surface area contributed by atoms with E-state index in [0.29, 0.717) is 5.76 Å². The van der Waals surface area contributed by atoms with Crippen molar-refractivity contribution in [3.63, 3.8) is 0 Å². The minimum Gasteiger partial charge on any atom is -0.478 e. The minimum atomic E-state index is -1.30. The number of carbonyl (C=O) groups is 1. The van der Waals surface area contributed by atoms with Gasteiger partial charge in [-0.05, 0) is 23.7 Å². The maximum Gasteiger partial charge on any atom is 0.338 e. The Bertz CT molecular complexity index is 370. The number of hydrogen-bond acceptors (Lipinski definition) is 3. The molecule has 0 amide bonds. The highest BCUT2D eigenvalue weighted by atomic mass is 16.4. The normalized spacial score (nSPS) is 10.6. The fourth-order valence-corrected chi connectivity index (χ4v) is 0.690. The lowest BCUT2D eigenvalue weighted by molar-refractivity contribution is -0.132. The summed E-state index contributed by atoms with van der Waals surface area (Å²) in [4.78, 5) is 12.8. The van der Waals surface area contributed by atoms with Crippen LogP contribution in [0.3, 0.4) is 0 Å². The molecule has 0 radical (unpaired) electrons. The molecule has 0 bridgehead atoms.